The number of carbonyl (C=O) groups is 2. The molecule has 0 fully saturated rings. The van der Waals surface area contributed by atoms with Gasteiger partial charge in [0.15, 0.2) is 5.82 Å². The molecular weight excluding hydrogens is 466 g/mol. The summed E-state index contributed by atoms with van der Waals surface area (Å²) in [5.74, 6) is 0.615. The maximum absolute atomic E-state index is 13.0. The van der Waals surface area contributed by atoms with Gasteiger partial charge in [-0.25, -0.2) is 15.0 Å². The summed E-state index contributed by atoms with van der Waals surface area (Å²) >= 11 is 0. The van der Waals surface area contributed by atoms with Gasteiger partial charge in [0.05, 0.1) is 29.3 Å². The van der Waals surface area contributed by atoms with Crippen LogP contribution in [0.4, 0.5) is 11.5 Å². The number of carbonyl (C=O) groups excluding carboxylic acids is 2. The van der Waals surface area contributed by atoms with E-state index in [2.05, 4.69) is 31.7 Å². The van der Waals surface area contributed by atoms with Crippen LogP contribution in [0.3, 0.4) is 0 Å². The monoisotopic (exact) mass is 489 g/mol. The average molecular weight is 490 g/mol. The Balaban J connectivity index is 1.45. The first-order valence-electron chi connectivity index (χ1n) is 11.7. The second kappa shape index (κ2) is 9.24. The number of fused-ring (bicyclic) bond motifs is 1. The number of aryl methyl sites for hydroxylation is 1. The van der Waals surface area contributed by atoms with Gasteiger partial charge < -0.3 is 10.6 Å². The van der Waals surface area contributed by atoms with Crippen LogP contribution < -0.4 is 10.6 Å². The molecule has 0 saturated heterocycles. The fraction of sp³-hybridized carbons (Fsp3) is 0.179. The molecule has 4 heterocycles. The lowest BCUT2D eigenvalue weighted by molar-refractivity contribution is -0.115. The van der Waals surface area contributed by atoms with E-state index in [1.807, 2.05) is 25.1 Å². The van der Waals surface area contributed by atoms with Gasteiger partial charge in [-0.05, 0) is 62.7 Å². The van der Waals surface area contributed by atoms with E-state index in [1.165, 1.54) is 6.20 Å². The van der Waals surface area contributed by atoms with E-state index in [-0.39, 0.29) is 18.2 Å². The molecule has 1 aliphatic heterocycles. The number of nitrogens with zero attached hydrogens (tertiary/aromatic N) is 5. The first kappa shape index (κ1) is 23.8. The van der Waals surface area contributed by atoms with Crippen LogP contribution in [0.2, 0.25) is 0 Å². The SMILES string of the molecule is Cc1ccc(NC(=O)c2ccnc(C(C)(C)C#N)c2)cc1-c1ccnc(-c2ccnc3c2CC(=O)N3)n1. The number of hydrogen-bond donors (Lipinski definition) is 2. The zero-order valence-corrected chi connectivity index (χ0v) is 20.5. The molecule has 4 aromatic rings. The second-order valence-corrected chi connectivity index (χ2v) is 9.33. The topological polar surface area (TPSA) is 134 Å². The van der Waals surface area contributed by atoms with E-state index >= 15 is 0 Å². The van der Waals surface area contributed by atoms with Gasteiger partial charge >= 0.3 is 0 Å². The predicted molar refractivity (Wildman–Crippen MR) is 139 cm³/mol. The average Bonchev–Trinajstić information content (AvgIpc) is 3.30. The lowest BCUT2D eigenvalue weighted by Gasteiger charge is -2.15. The van der Waals surface area contributed by atoms with Crippen molar-refractivity contribution < 1.29 is 9.59 Å². The summed E-state index contributed by atoms with van der Waals surface area (Å²) in [5.41, 5.74) is 4.75. The molecule has 3 aromatic heterocycles. The number of nitriles is 1. The van der Waals surface area contributed by atoms with Crippen molar-refractivity contribution >= 4 is 23.3 Å². The number of hydrogen-bond acceptors (Lipinski definition) is 7. The van der Waals surface area contributed by atoms with Gasteiger partial charge in [0.2, 0.25) is 5.91 Å². The zero-order valence-electron chi connectivity index (χ0n) is 20.5. The normalized spacial score (nSPS) is 12.4. The number of anilines is 2. The Hall–Kier alpha value is -4.97. The minimum atomic E-state index is -0.809. The number of nitrogens with one attached hydrogen (secondary N) is 2. The van der Waals surface area contributed by atoms with Crippen molar-refractivity contribution in [3.8, 4) is 28.7 Å². The van der Waals surface area contributed by atoms with Gasteiger partial charge in [-0.2, -0.15) is 5.26 Å². The van der Waals surface area contributed by atoms with E-state index in [0.717, 1.165) is 22.3 Å². The first-order valence-corrected chi connectivity index (χ1v) is 11.7. The van der Waals surface area contributed by atoms with Crippen LogP contribution in [0, 0.1) is 18.3 Å². The summed E-state index contributed by atoms with van der Waals surface area (Å²) in [7, 11) is 0. The molecule has 2 N–H and O–H groups in total. The molecule has 182 valence electrons. The van der Waals surface area contributed by atoms with E-state index in [1.54, 1.807) is 50.5 Å². The Morgan fingerprint density at radius 2 is 1.81 bits per heavy atom. The molecule has 0 atom stereocenters. The van der Waals surface area contributed by atoms with Crippen molar-refractivity contribution in [2.75, 3.05) is 10.6 Å². The summed E-state index contributed by atoms with van der Waals surface area (Å²) in [6.07, 6.45) is 5.06. The minimum Gasteiger partial charge on any atom is -0.322 e. The van der Waals surface area contributed by atoms with Crippen LogP contribution >= 0.6 is 0 Å². The fourth-order valence-corrected chi connectivity index (χ4v) is 4.11. The number of aromatic nitrogens is 4. The van der Waals surface area contributed by atoms with Crippen molar-refractivity contribution in [2.24, 2.45) is 0 Å². The smallest absolute Gasteiger partial charge is 0.255 e. The van der Waals surface area contributed by atoms with Crippen molar-refractivity contribution in [3.05, 3.63) is 83.4 Å². The molecule has 0 radical (unpaired) electrons. The highest BCUT2D eigenvalue weighted by Gasteiger charge is 2.24. The highest BCUT2D eigenvalue weighted by Crippen LogP contribution is 2.32. The molecule has 0 spiro atoms. The van der Waals surface area contributed by atoms with Gasteiger partial charge in [-0.15, -0.1) is 0 Å². The van der Waals surface area contributed by atoms with Crippen LogP contribution in [-0.4, -0.2) is 31.8 Å². The second-order valence-electron chi connectivity index (χ2n) is 9.33. The molecule has 9 heteroatoms. The zero-order chi connectivity index (χ0) is 26.2. The third kappa shape index (κ3) is 4.65. The van der Waals surface area contributed by atoms with Crippen LogP contribution in [0.25, 0.3) is 22.6 Å². The standard InChI is InChI=1S/C28H23N7O2/c1-16-4-5-18(33-27(37)17-6-9-30-23(12-17)28(2,3)15-29)13-20(16)22-8-11-32-25(34-22)19-7-10-31-26-21(19)14-24(36)35-26/h4-13H,14H2,1-3H3,(H,33,37)(H,31,35,36). The maximum Gasteiger partial charge on any atom is 0.255 e. The highest BCUT2D eigenvalue weighted by molar-refractivity contribution is 6.04. The molecule has 0 unspecified atom stereocenters. The van der Waals surface area contributed by atoms with Crippen LogP contribution in [0.5, 0.6) is 0 Å². The quantitative estimate of drug-likeness (QED) is 0.423. The number of rotatable bonds is 5. The minimum absolute atomic E-state index is 0.108. The van der Waals surface area contributed by atoms with Gasteiger partial charge in [0.25, 0.3) is 5.91 Å². The van der Waals surface area contributed by atoms with Gasteiger partial charge in [-0.1, -0.05) is 6.07 Å². The van der Waals surface area contributed by atoms with E-state index in [9.17, 15) is 14.9 Å². The summed E-state index contributed by atoms with van der Waals surface area (Å²) in [6, 6.07) is 14.7. The molecule has 5 rings (SSSR count). The lowest BCUT2D eigenvalue weighted by Crippen LogP contribution is -2.18. The Morgan fingerprint density at radius 1 is 1.03 bits per heavy atom. The molecule has 0 bridgehead atoms. The van der Waals surface area contributed by atoms with E-state index in [4.69, 9.17) is 4.98 Å². The van der Waals surface area contributed by atoms with Crippen molar-refractivity contribution in [2.45, 2.75) is 32.6 Å². The number of pyridine rings is 2. The van der Waals surface area contributed by atoms with Crippen molar-refractivity contribution in [3.63, 3.8) is 0 Å². The molecule has 0 saturated carbocycles. The number of amides is 2. The first-order chi connectivity index (χ1) is 17.7. The third-order valence-corrected chi connectivity index (χ3v) is 6.26. The van der Waals surface area contributed by atoms with E-state index < -0.39 is 5.41 Å². The molecule has 1 aromatic carbocycles. The Bertz CT molecular complexity index is 1600. The summed E-state index contributed by atoms with van der Waals surface area (Å²) < 4.78 is 0. The highest BCUT2D eigenvalue weighted by atomic mass is 16.2. The number of benzene rings is 1. The fourth-order valence-electron chi connectivity index (χ4n) is 4.11. The maximum atomic E-state index is 13.0. The molecule has 0 aliphatic carbocycles. The summed E-state index contributed by atoms with van der Waals surface area (Å²) in [4.78, 5) is 42.6. The van der Waals surface area contributed by atoms with Gasteiger partial charge in [0, 0.05) is 46.5 Å². The molecule has 2 amide bonds. The molecule has 9 nitrogen and oxygen atoms in total. The largest absolute Gasteiger partial charge is 0.322 e. The van der Waals surface area contributed by atoms with Gasteiger partial charge in [-0.3, -0.25) is 14.6 Å². The van der Waals surface area contributed by atoms with Gasteiger partial charge in [0.1, 0.15) is 5.82 Å². The lowest BCUT2D eigenvalue weighted by atomic mass is 9.90. The summed E-state index contributed by atoms with van der Waals surface area (Å²) in [6.45, 7) is 5.48. The van der Waals surface area contributed by atoms with Crippen LogP contribution in [0.15, 0.2) is 61.1 Å². The van der Waals surface area contributed by atoms with Crippen molar-refractivity contribution in [1.29, 1.82) is 5.26 Å². The molecule has 1 aliphatic rings. The molecular formula is C28H23N7O2. The van der Waals surface area contributed by atoms with Crippen LogP contribution in [0.1, 0.15) is 41.0 Å². The molecule has 37 heavy (non-hydrogen) atoms. The predicted octanol–water partition coefficient (Wildman–Crippen LogP) is 4.46. The Kier molecular flexibility index (Phi) is 5.93. The van der Waals surface area contributed by atoms with Crippen LogP contribution in [-0.2, 0) is 16.6 Å². The van der Waals surface area contributed by atoms with E-state index in [0.29, 0.717) is 34.3 Å². The Labute approximate surface area is 213 Å². The van der Waals surface area contributed by atoms with Crippen molar-refractivity contribution in [1.82, 2.24) is 19.9 Å². The Morgan fingerprint density at radius 3 is 2.62 bits per heavy atom. The third-order valence-electron chi connectivity index (χ3n) is 6.26. The summed E-state index contributed by atoms with van der Waals surface area (Å²) in [5, 5.41) is 15.1.